The maximum atomic E-state index is 12.4. The first-order valence-electron chi connectivity index (χ1n) is 8.67. The van der Waals surface area contributed by atoms with Gasteiger partial charge in [0.15, 0.2) is 0 Å². The van der Waals surface area contributed by atoms with E-state index < -0.39 is 6.10 Å². The fraction of sp³-hybridized carbons (Fsp3) is 0.611. The van der Waals surface area contributed by atoms with Gasteiger partial charge in [-0.3, -0.25) is 4.79 Å². The minimum absolute atomic E-state index is 0. The van der Waals surface area contributed by atoms with Crippen molar-refractivity contribution in [2.45, 2.75) is 50.9 Å². The lowest BCUT2D eigenvalue weighted by Gasteiger charge is -2.17. The number of benzene rings is 1. The number of nitrogens with two attached hydrogens (primary N) is 1. The van der Waals surface area contributed by atoms with Crippen LogP contribution in [0.5, 0.6) is 5.75 Å². The van der Waals surface area contributed by atoms with Gasteiger partial charge < -0.3 is 25.3 Å². The quantitative estimate of drug-likeness (QED) is 0.803. The lowest BCUT2D eigenvalue weighted by atomic mass is 10.1. The van der Waals surface area contributed by atoms with Crippen LogP contribution >= 0.6 is 12.4 Å². The SMILES string of the molecule is Cc1ccc(NC(=O)[C@@H]2CC[C@H](CN)O2)c(OCC2CCCO2)c1.Cl. The van der Waals surface area contributed by atoms with Crippen molar-refractivity contribution < 1.29 is 19.0 Å². The number of carbonyl (C=O) groups excluding carboxylic acids is 1. The normalized spacial score (nSPS) is 25.4. The molecule has 1 aromatic carbocycles. The smallest absolute Gasteiger partial charge is 0.253 e. The van der Waals surface area contributed by atoms with Crippen molar-refractivity contribution in [3.8, 4) is 5.75 Å². The second kappa shape index (κ2) is 9.38. The zero-order valence-corrected chi connectivity index (χ0v) is 15.3. The first-order chi connectivity index (χ1) is 11.7. The van der Waals surface area contributed by atoms with Gasteiger partial charge in [0.2, 0.25) is 0 Å². The van der Waals surface area contributed by atoms with Gasteiger partial charge in [-0.2, -0.15) is 0 Å². The number of hydrogen-bond acceptors (Lipinski definition) is 5. The molecule has 140 valence electrons. The monoisotopic (exact) mass is 370 g/mol. The van der Waals surface area contributed by atoms with Gasteiger partial charge in [-0.05, 0) is 50.3 Å². The zero-order chi connectivity index (χ0) is 16.9. The summed E-state index contributed by atoms with van der Waals surface area (Å²) in [4.78, 5) is 12.4. The average molecular weight is 371 g/mol. The molecule has 3 N–H and O–H groups in total. The van der Waals surface area contributed by atoms with E-state index in [1.807, 2.05) is 25.1 Å². The minimum atomic E-state index is -0.439. The van der Waals surface area contributed by atoms with Crippen LogP contribution in [0, 0.1) is 6.92 Å². The van der Waals surface area contributed by atoms with E-state index in [2.05, 4.69) is 5.32 Å². The van der Waals surface area contributed by atoms with Crippen LogP contribution in [0.2, 0.25) is 0 Å². The minimum Gasteiger partial charge on any atom is -0.489 e. The van der Waals surface area contributed by atoms with Crippen molar-refractivity contribution in [2.75, 3.05) is 25.1 Å². The highest BCUT2D eigenvalue weighted by Gasteiger charge is 2.30. The maximum absolute atomic E-state index is 12.4. The van der Waals surface area contributed by atoms with Crippen LogP contribution in [0.1, 0.15) is 31.2 Å². The number of anilines is 1. The number of rotatable bonds is 6. The van der Waals surface area contributed by atoms with Crippen molar-refractivity contribution in [3.63, 3.8) is 0 Å². The summed E-state index contributed by atoms with van der Waals surface area (Å²) in [5, 5.41) is 2.93. The predicted octanol–water partition coefficient (Wildman–Crippen LogP) is 2.42. The van der Waals surface area contributed by atoms with E-state index in [4.69, 9.17) is 19.9 Å². The third-order valence-corrected chi connectivity index (χ3v) is 4.51. The molecule has 0 saturated carbocycles. The molecule has 3 rings (SSSR count). The molecule has 2 fully saturated rings. The molecule has 0 aromatic heterocycles. The Morgan fingerprint density at radius 3 is 2.84 bits per heavy atom. The summed E-state index contributed by atoms with van der Waals surface area (Å²) in [6.45, 7) is 3.74. The van der Waals surface area contributed by atoms with Gasteiger partial charge in [-0.15, -0.1) is 12.4 Å². The molecule has 1 aromatic rings. The summed E-state index contributed by atoms with van der Waals surface area (Å²) in [6.07, 6.45) is 3.30. The van der Waals surface area contributed by atoms with Gasteiger partial charge in [0, 0.05) is 13.2 Å². The molecule has 0 radical (unpaired) electrons. The molecule has 1 unspecified atom stereocenters. The molecule has 7 heteroatoms. The third-order valence-electron chi connectivity index (χ3n) is 4.51. The lowest BCUT2D eigenvalue weighted by molar-refractivity contribution is -0.126. The molecular formula is C18H27ClN2O4. The summed E-state index contributed by atoms with van der Waals surface area (Å²) >= 11 is 0. The fourth-order valence-electron chi connectivity index (χ4n) is 3.10. The number of hydrogen-bond donors (Lipinski definition) is 2. The highest BCUT2D eigenvalue weighted by atomic mass is 35.5. The molecule has 2 heterocycles. The standard InChI is InChI=1S/C18H26N2O4.ClH/c1-12-4-6-15(17(9-12)23-11-14-3-2-8-22-14)20-18(21)16-7-5-13(10-19)24-16;/h4,6,9,13-14,16H,2-3,5,7-8,10-11,19H2,1H3,(H,20,21);1H/t13-,14?,16+;/m1./s1. The fourth-order valence-corrected chi connectivity index (χ4v) is 3.10. The van der Waals surface area contributed by atoms with E-state index >= 15 is 0 Å². The number of aryl methyl sites for hydroxylation is 1. The van der Waals surface area contributed by atoms with Gasteiger partial charge in [-0.25, -0.2) is 0 Å². The average Bonchev–Trinajstić information content (AvgIpc) is 3.26. The summed E-state index contributed by atoms with van der Waals surface area (Å²) in [5.74, 6) is 0.531. The molecule has 1 amide bonds. The second-order valence-electron chi connectivity index (χ2n) is 6.49. The summed E-state index contributed by atoms with van der Waals surface area (Å²) in [5.41, 5.74) is 7.35. The Morgan fingerprint density at radius 2 is 2.16 bits per heavy atom. The highest BCUT2D eigenvalue weighted by Crippen LogP contribution is 2.28. The highest BCUT2D eigenvalue weighted by molar-refractivity contribution is 5.95. The van der Waals surface area contributed by atoms with Gasteiger partial charge in [0.05, 0.1) is 17.9 Å². The molecule has 25 heavy (non-hydrogen) atoms. The Hall–Kier alpha value is -1.34. The Bertz CT molecular complexity index is 578. The molecule has 3 atom stereocenters. The Balaban J connectivity index is 0.00000225. The Kier molecular flexibility index (Phi) is 7.50. The van der Waals surface area contributed by atoms with E-state index in [0.717, 1.165) is 31.4 Å². The van der Waals surface area contributed by atoms with Crippen LogP contribution in [-0.4, -0.2) is 44.0 Å². The largest absolute Gasteiger partial charge is 0.489 e. The van der Waals surface area contributed by atoms with Crippen molar-refractivity contribution in [2.24, 2.45) is 5.73 Å². The predicted molar refractivity (Wildman–Crippen MR) is 98.5 cm³/mol. The maximum Gasteiger partial charge on any atom is 0.253 e. The number of ether oxygens (including phenoxy) is 3. The summed E-state index contributed by atoms with van der Waals surface area (Å²) in [6, 6.07) is 5.75. The van der Waals surface area contributed by atoms with Crippen LogP contribution in [0.3, 0.4) is 0 Å². The third kappa shape index (κ3) is 5.31. The zero-order valence-electron chi connectivity index (χ0n) is 14.5. The van der Waals surface area contributed by atoms with Crippen molar-refractivity contribution in [1.29, 1.82) is 0 Å². The van der Waals surface area contributed by atoms with E-state index in [-0.39, 0.29) is 30.5 Å². The number of carbonyl (C=O) groups is 1. The van der Waals surface area contributed by atoms with Crippen molar-refractivity contribution in [1.82, 2.24) is 0 Å². The van der Waals surface area contributed by atoms with Crippen LogP contribution in [-0.2, 0) is 14.3 Å². The molecule has 0 bridgehead atoms. The molecule has 0 aliphatic carbocycles. The molecule has 6 nitrogen and oxygen atoms in total. The Labute approximate surface area is 154 Å². The van der Waals surface area contributed by atoms with E-state index in [1.165, 1.54) is 0 Å². The van der Waals surface area contributed by atoms with E-state index in [0.29, 0.717) is 31.0 Å². The number of halogens is 1. The van der Waals surface area contributed by atoms with E-state index in [9.17, 15) is 4.79 Å². The summed E-state index contributed by atoms with van der Waals surface area (Å²) in [7, 11) is 0. The lowest BCUT2D eigenvalue weighted by Crippen LogP contribution is -2.30. The molecule has 2 aliphatic heterocycles. The van der Waals surface area contributed by atoms with Crippen molar-refractivity contribution in [3.05, 3.63) is 23.8 Å². The topological polar surface area (TPSA) is 82.8 Å². The summed E-state index contributed by atoms with van der Waals surface area (Å²) < 4.78 is 17.1. The van der Waals surface area contributed by atoms with Crippen LogP contribution in [0.4, 0.5) is 5.69 Å². The first-order valence-corrected chi connectivity index (χ1v) is 8.67. The van der Waals surface area contributed by atoms with Gasteiger partial charge in [0.25, 0.3) is 5.91 Å². The number of nitrogens with one attached hydrogen (secondary N) is 1. The molecule has 2 saturated heterocycles. The van der Waals surface area contributed by atoms with Gasteiger partial charge in [-0.1, -0.05) is 6.07 Å². The molecular weight excluding hydrogens is 344 g/mol. The van der Waals surface area contributed by atoms with E-state index in [1.54, 1.807) is 0 Å². The second-order valence-corrected chi connectivity index (χ2v) is 6.49. The van der Waals surface area contributed by atoms with Gasteiger partial charge in [0.1, 0.15) is 18.5 Å². The van der Waals surface area contributed by atoms with Crippen LogP contribution in [0.25, 0.3) is 0 Å². The molecule has 0 spiro atoms. The van der Waals surface area contributed by atoms with Crippen molar-refractivity contribution >= 4 is 24.0 Å². The van der Waals surface area contributed by atoms with Crippen LogP contribution < -0.4 is 15.8 Å². The Morgan fingerprint density at radius 1 is 1.32 bits per heavy atom. The van der Waals surface area contributed by atoms with Crippen LogP contribution in [0.15, 0.2) is 18.2 Å². The number of amides is 1. The molecule has 2 aliphatic rings. The first kappa shape index (κ1) is 20.0. The van der Waals surface area contributed by atoms with Gasteiger partial charge >= 0.3 is 0 Å².